The predicted molar refractivity (Wildman–Crippen MR) is 115 cm³/mol. The Morgan fingerprint density at radius 3 is 3.00 bits per heavy atom. The highest BCUT2D eigenvalue weighted by Gasteiger charge is 2.48. The number of carbonyl (C=O) groups excluding carboxylic acids is 1. The lowest BCUT2D eigenvalue weighted by Gasteiger charge is -2.18. The van der Waals surface area contributed by atoms with Crippen molar-refractivity contribution in [2.45, 2.75) is 63.6 Å². The van der Waals surface area contributed by atoms with Crippen LogP contribution in [0.25, 0.3) is 0 Å². The Morgan fingerprint density at radius 1 is 1.43 bits per heavy atom. The molecule has 1 aliphatic carbocycles. The molecule has 162 valence electrons. The predicted octanol–water partition coefficient (Wildman–Crippen LogP) is 3.38. The van der Waals surface area contributed by atoms with Crippen LogP contribution in [0.2, 0.25) is 0 Å². The molecule has 0 saturated heterocycles. The highest BCUT2D eigenvalue weighted by Crippen LogP contribution is 2.52. The summed E-state index contributed by atoms with van der Waals surface area (Å²) in [5, 5.41) is 20.3. The van der Waals surface area contributed by atoms with E-state index in [-0.39, 0.29) is 36.4 Å². The average molecular weight is 413 g/mol. The minimum atomic E-state index is -0.456. The maximum atomic E-state index is 11.4. The fourth-order valence-electron chi connectivity index (χ4n) is 4.61. The third kappa shape index (κ3) is 5.06. The number of fused-ring (bicyclic) bond motifs is 3. The minimum Gasteiger partial charge on any atom is -0.489 e. The molecule has 2 N–H and O–H groups in total. The van der Waals surface area contributed by atoms with Crippen molar-refractivity contribution in [1.29, 1.82) is 0 Å². The summed E-state index contributed by atoms with van der Waals surface area (Å²) in [6.07, 6.45) is 7.63. The molecule has 5 atom stereocenters. The summed E-state index contributed by atoms with van der Waals surface area (Å²) >= 11 is 0. The number of ether oxygens (including phenoxy) is 2. The zero-order chi connectivity index (χ0) is 21.5. The third-order valence-corrected chi connectivity index (χ3v) is 6.20. The summed E-state index contributed by atoms with van der Waals surface area (Å²) < 4.78 is 11.0. The molecule has 3 rings (SSSR count). The number of methoxy groups -OCH3 is 1. The molecule has 1 saturated carbocycles. The van der Waals surface area contributed by atoms with Crippen molar-refractivity contribution in [1.82, 2.24) is 0 Å². The number of aliphatic hydroxyl groups excluding tert-OH is 2. The molecule has 0 aromatic heterocycles. The number of aryl methyl sites for hydroxylation is 1. The molecule has 0 amide bonds. The first kappa shape index (κ1) is 22.4. The second-order valence-electron chi connectivity index (χ2n) is 8.12. The average Bonchev–Trinajstić information content (AvgIpc) is 3.25. The second-order valence-corrected chi connectivity index (χ2v) is 8.12. The molecule has 1 aliphatic heterocycles. The van der Waals surface area contributed by atoms with E-state index in [9.17, 15) is 15.0 Å². The van der Waals surface area contributed by atoms with E-state index in [4.69, 9.17) is 9.47 Å². The van der Waals surface area contributed by atoms with E-state index in [0.29, 0.717) is 19.3 Å². The van der Waals surface area contributed by atoms with Crippen molar-refractivity contribution in [2.24, 2.45) is 11.8 Å². The van der Waals surface area contributed by atoms with Crippen LogP contribution < -0.4 is 4.74 Å². The van der Waals surface area contributed by atoms with Crippen molar-refractivity contribution in [3.8, 4) is 17.6 Å². The van der Waals surface area contributed by atoms with Crippen LogP contribution >= 0.6 is 0 Å². The van der Waals surface area contributed by atoms with Crippen LogP contribution in [0.1, 0.15) is 56.1 Å². The summed E-state index contributed by atoms with van der Waals surface area (Å²) in [4.78, 5) is 11.4. The molecule has 2 aliphatic rings. The van der Waals surface area contributed by atoms with Gasteiger partial charge in [0.05, 0.1) is 13.2 Å². The number of hydrogen-bond donors (Lipinski definition) is 2. The SMILES string of the molecule is CC#CCCC(C=CC1C(O)CC2Oc3c(CCCC(=O)OC)cccc3C21)CO. The number of rotatable bonds is 9. The van der Waals surface area contributed by atoms with E-state index in [1.807, 2.05) is 19.1 Å². The largest absolute Gasteiger partial charge is 0.489 e. The first-order chi connectivity index (χ1) is 14.6. The monoisotopic (exact) mass is 412 g/mol. The van der Waals surface area contributed by atoms with Gasteiger partial charge in [0.15, 0.2) is 0 Å². The fourth-order valence-corrected chi connectivity index (χ4v) is 4.61. The highest BCUT2D eigenvalue weighted by molar-refractivity contribution is 5.69. The van der Waals surface area contributed by atoms with E-state index < -0.39 is 6.10 Å². The van der Waals surface area contributed by atoms with Gasteiger partial charge in [0, 0.05) is 49.2 Å². The number of carbonyl (C=O) groups is 1. The van der Waals surface area contributed by atoms with Crippen LogP contribution in [-0.2, 0) is 16.0 Å². The normalized spacial score (nSPS) is 25.2. The van der Waals surface area contributed by atoms with Crippen molar-refractivity contribution in [3.63, 3.8) is 0 Å². The van der Waals surface area contributed by atoms with Crippen molar-refractivity contribution in [3.05, 3.63) is 41.5 Å². The highest BCUT2D eigenvalue weighted by atomic mass is 16.5. The molecule has 5 unspecified atom stereocenters. The van der Waals surface area contributed by atoms with Crippen molar-refractivity contribution >= 4 is 5.97 Å². The van der Waals surface area contributed by atoms with Crippen LogP contribution in [0, 0.1) is 23.7 Å². The van der Waals surface area contributed by atoms with Gasteiger partial charge in [-0.05, 0) is 31.7 Å². The van der Waals surface area contributed by atoms with Crippen LogP contribution in [0.5, 0.6) is 5.75 Å². The van der Waals surface area contributed by atoms with Crippen LogP contribution in [0.15, 0.2) is 30.4 Å². The molecule has 5 heteroatoms. The summed E-state index contributed by atoms with van der Waals surface area (Å²) in [6.45, 7) is 1.90. The van der Waals surface area contributed by atoms with Gasteiger partial charge in [-0.15, -0.1) is 11.8 Å². The maximum absolute atomic E-state index is 11.4. The van der Waals surface area contributed by atoms with E-state index in [1.165, 1.54) is 7.11 Å². The molecule has 0 spiro atoms. The molecule has 1 aromatic carbocycles. The van der Waals surface area contributed by atoms with Gasteiger partial charge in [0.2, 0.25) is 0 Å². The summed E-state index contributed by atoms with van der Waals surface area (Å²) in [5.41, 5.74) is 2.24. The molecular weight excluding hydrogens is 380 g/mol. The zero-order valence-electron chi connectivity index (χ0n) is 17.8. The van der Waals surface area contributed by atoms with Crippen LogP contribution in [-0.4, -0.2) is 42.1 Å². The molecule has 1 fully saturated rings. The van der Waals surface area contributed by atoms with Gasteiger partial charge >= 0.3 is 5.97 Å². The Balaban J connectivity index is 1.72. The zero-order valence-corrected chi connectivity index (χ0v) is 17.8. The van der Waals surface area contributed by atoms with Gasteiger partial charge in [-0.1, -0.05) is 30.4 Å². The number of benzene rings is 1. The Hall–Kier alpha value is -2.29. The van der Waals surface area contributed by atoms with Gasteiger partial charge in [0.25, 0.3) is 0 Å². The lowest BCUT2D eigenvalue weighted by molar-refractivity contribution is -0.140. The van der Waals surface area contributed by atoms with E-state index in [1.54, 1.807) is 0 Å². The number of para-hydroxylation sites is 1. The molecule has 1 heterocycles. The van der Waals surface area contributed by atoms with Crippen molar-refractivity contribution in [2.75, 3.05) is 13.7 Å². The summed E-state index contributed by atoms with van der Waals surface area (Å²) in [5.74, 6) is 6.77. The van der Waals surface area contributed by atoms with Gasteiger partial charge < -0.3 is 19.7 Å². The summed E-state index contributed by atoms with van der Waals surface area (Å²) in [6, 6.07) is 6.17. The molecule has 30 heavy (non-hydrogen) atoms. The Morgan fingerprint density at radius 2 is 2.27 bits per heavy atom. The van der Waals surface area contributed by atoms with Crippen molar-refractivity contribution < 1.29 is 24.5 Å². The fraction of sp³-hybridized carbons (Fsp3) is 0.560. The van der Waals surface area contributed by atoms with E-state index in [2.05, 4.69) is 30.0 Å². The maximum Gasteiger partial charge on any atom is 0.305 e. The molecule has 0 bridgehead atoms. The lowest BCUT2D eigenvalue weighted by Crippen LogP contribution is -2.17. The number of aliphatic hydroxyl groups is 2. The quantitative estimate of drug-likeness (QED) is 0.369. The Labute approximate surface area is 179 Å². The number of esters is 1. The smallest absolute Gasteiger partial charge is 0.305 e. The van der Waals surface area contributed by atoms with E-state index >= 15 is 0 Å². The molecule has 1 aromatic rings. The third-order valence-electron chi connectivity index (χ3n) is 6.20. The minimum absolute atomic E-state index is 0.0344. The lowest BCUT2D eigenvalue weighted by atomic mass is 9.86. The Bertz CT molecular complexity index is 819. The first-order valence-corrected chi connectivity index (χ1v) is 10.8. The van der Waals surface area contributed by atoms with Crippen LogP contribution in [0.4, 0.5) is 0 Å². The molecular formula is C25H32O5. The molecule has 0 radical (unpaired) electrons. The number of hydrogen-bond acceptors (Lipinski definition) is 5. The van der Waals surface area contributed by atoms with Gasteiger partial charge in [-0.25, -0.2) is 0 Å². The van der Waals surface area contributed by atoms with E-state index in [0.717, 1.165) is 36.1 Å². The standard InChI is InChI=1S/C25H32O5/c1-3-4-5-8-17(16-26)13-14-19-21(27)15-22-24(19)20-11-6-9-18(25(20)30-22)10-7-12-23(28)29-2/h6,9,11,13-14,17,19,21-22,24,26-27H,5,7-8,10,12,15-16H2,1-2H3. The Kier molecular flexibility index (Phi) is 7.95. The van der Waals surface area contributed by atoms with Crippen LogP contribution in [0.3, 0.4) is 0 Å². The van der Waals surface area contributed by atoms with Gasteiger partial charge in [-0.3, -0.25) is 4.79 Å². The van der Waals surface area contributed by atoms with Gasteiger partial charge in [-0.2, -0.15) is 0 Å². The first-order valence-electron chi connectivity index (χ1n) is 10.8. The van der Waals surface area contributed by atoms with Gasteiger partial charge in [0.1, 0.15) is 11.9 Å². The molecule has 5 nitrogen and oxygen atoms in total. The summed E-state index contributed by atoms with van der Waals surface area (Å²) in [7, 11) is 1.41. The second kappa shape index (κ2) is 10.7. The topological polar surface area (TPSA) is 76.0 Å².